The summed E-state index contributed by atoms with van der Waals surface area (Å²) in [5.41, 5.74) is 0.971. The zero-order valence-corrected chi connectivity index (χ0v) is 14.0. The standard InChI is InChI=1S/C17H19N3O2S/c1-17(14-6-4-3-5-7-14)15(21)20(16(22)18-17)12-19(2)10-13-8-9-23-11-13/h3-9,11H,10,12H2,1-2H3,(H,18,22)/t17-/m1/s1. The van der Waals surface area contributed by atoms with Gasteiger partial charge in [-0.2, -0.15) is 11.3 Å². The van der Waals surface area contributed by atoms with Crippen molar-refractivity contribution in [1.29, 1.82) is 0 Å². The van der Waals surface area contributed by atoms with Crippen LogP contribution in [0.2, 0.25) is 0 Å². The van der Waals surface area contributed by atoms with Crippen molar-refractivity contribution in [2.45, 2.75) is 19.0 Å². The van der Waals surface area contributed by atoms with Gasteiger partial charge >= 0.3 is 6.03 Å². The van der Waals surface area contributed by atoms with Crippen LogP contribution in [0.5, 0.6) is 0 Å². The van der Waals surface area contributed by atoms with E-state index in [0.717, 1.165) is 5.56 Å². The molecule has 0 spiro atoms. The molecule has 23 heavy (non-hydrogen) atoms. The van der Waals surface area contributed by atoms with Crippen LogP contribution in [0.25, 0.3) is 0 Å². The van der Waals surface area contributed by atoms with E-state index in [4.69, 9.17) is 0 Å². The second-order valence-corrected chi connectivity index (χ2v) is 6.72. The number of hydrogen-bond donors (Lipinski definition) is 1. The lowest BCUT2D eigenvalue weighted by Gasteiger charge is -2.24. The van der Waals surface area contributed by atoms with Crippen LogP contribution in [-0.2, 0) is 16.9 Å². The molecule has 1 N–H and O–H groups in total. The van der Waals surface area contributed by atoms with Crippen molar-refractivity contribution in [2.75, 3.05) is 13.7 Å². The Morgan fingerprint density at radius 3 is 2.61 bits per heavy atom. The summed E-state index contributed by atoms with van der Waals surface area (Å²) in [5.74, 6) is -0.217. The second-order valence-electron chi connectivity index (χ2n) is 5.94. The molecule has 2 heterocycles. The van der Waals surface area contributed by atoms with E-state index in [0.29, 0.717) is 6.54 Å². The van der Waals surface area contributed by atoms with E-state index < -0.39 is 5.54 Å². The first kappa shape index (κ1) is 15.7. The minimum Gasteiger partial charge on any atom is -0.319 e. The second kappa shape index (κ2) is 6.14. The summed E-state index contributed by atoms with van der Waals surface area (Å²) in [4.78, 5) is 28.3. The molecule has 120 valence electrons. The summed E-state index contributed by atoms with van der Waals surface area (Å²) in [6.45, 7) is 2.72. The van der Waals surface area contributed by atoms with Crippen molar-refractivity contribution >= 4 is 23.3 Å². The van der Waals surface area contributed by atoms with Gasteiger partial charge in [-0.25, -0.2) is 9.69 Å². The first-order chi connectivity index (χ1) is 11.0. The van der Waals surface area contributed by atoms with Crippen molar-refractivity contribution in [2.24, 2.45) is 0 Å². The van der Waals surface area contributed by atoms with Gasteiger partial charge < -0.3 is 5.32 Å². The Kier molecular flexibility index (Phi) is 4.19. The highest BCUT2D eigenvalue weighted by molar-refractivity contribution is 7.07. The predicted octanol–water partition coefficient (Wildman–Crippen LogP) is 2.60. The topological polar surface area (TPSA) is 52.6 Å². The highest BCUT2D eigenvalue weighted by Crippen LogP contribution is 2.28. The minimum absolute atomic E-state index is 0.217. The zero-order valence-electron chi connectivity index (χ0n) is 13.2. The normalized spacial score (nSPS) is 21.1. The van der Waals surface area contributed by atoms with Crippen LogP contribution in [0.3, 0.4) is 0 Å². The zero-order chi connectivity index (χ0) is 16.4. The molecule has 1 saturated heterocycles. The van der Waals surface area contributed by atoms with E-state index in [-0.39, 0.29) is 18.6 Å². The molecule has 1 fully saturated rings. The molecule has 5 nitrogen and oxygen atoms in total. The largest absolute Gasteiger partial charge is 0.326 e. The fraction of sp³-hybridized carbons (Fsp3) is 0.294. The lowest BCUT2D eigenvalue weighted by Crippen LogP contribution is -2.42. The average Bonchev–Trinajstić information content (AvgIpc) is 3.11. The smallest absolute Gasteiger partial charge is 0.319 e. The molecular weight excluding hydrogens is 310 g/mol. The van der Waals surface area contributed by atoms with Gasteiger partial charge in [-0.1, -0.05) is 30.3 Å². The van der Waals surface area contributed by atoms with Crippen molar-refractivity contribution in [3.05, 3.63) is 58.3 Å². The van der Waals surface area contributed by atoms with E-state index in [1.54, 1.807) is 18.3 Å². The highest BCUT2D eigenvalue weighted by atomic mass is 32.1. The lowest BCUT2D eigenvalue weighted by molar-refractivity contribution is -0.132. The number of hydrogen-bond acceptors (Lipinski definition) is 4. The molecule has 1 aromatic heterocycles. The van der Waals surface area contributed by atoms with E-state index in [1.807, 2.05) is 53.7 Å². The molecule has 1 atom stereocenters. The minimum atomic E-state index is -0.998. The van der Waals surface area contributed by atoms with E-state index >= 15 is 0 Å². The van der Waals surface area contributed by atoms with Gasteiger partial charge in [-0.3, -0.25) is 9.69 Å². The fourth-order valence-corrected chi connectivity index (χ4v) is 3.44. The maximum Gasteiger partial charge on any atom is 0.326 e. The quantitative estimate of drug-likeness (QED) is 0.858. The first-order valence-electron chi connectivity index (χ1n) is 7.40. The molecule has 2 aromatic rings. The van der Waals surface area contributed by atoms with Crippen LogP contribution < -0.4 is 5.32 Å². The lowest BCUT2D eigenvalue weighted by atomic mass is 9.92. The molecule has 0 radical (unpaired) electrons. The highest BCUT2D eigenvalue weighted by Gasteiger charge is 2.49. The molecule has 3 amide bonds. The van der Waals surface area contributed by atoms with Gasteiger partial charge in [0.25, 0.3) is 5.91 Å². The summed E-state index contributed by atoms with van der Waals surface area (Å²) in [6.07, 6.45) is 0. The molecule has 6 heteroatoms. The Labute approximate surface area is 139 Å². The van der Waals surface area contributed by atoms with Crippen molar-refractivity contribution < 1.29 is 9.59 Å². The Morgan fingerprint density at radius 2 is 1.96 bits per heavy atom. The van der Waals surface area contributed by atoms with Crippen molar-refractivity contribution in [3.63, 3.8) is 0 Å². The van der Waals surface area contributed by atoms with Gasteiger partial charge in [0, 0.05) is 6.54 Å². The number of nitrogens with zero attached hydrogens (tertiary/aromatic N) is 2. The number of carbonyl (C=O) groups excluding carboxylic acids is 2. The number of thiophene rings is 1. The molecular formula is C17H19N3O2S. The van der Waals surface area contributed by atoms with Gasteiger partial charge in [-0.15, -0.1) is 0 Å². The summed E-state index contributed by atoms with van der Waals surface area (Å²) in [7, 11) is 1.90. The Morgan fingerprint density at radius 1 is 1.22 bits per heavy atom. The van der Waals surface area contributed by atoms with Crippen molar-refractivity contribution in [3.8, 4) is 0 Å². The maximum atomic E-state index is 12.8. The number of carbonyl (C=O) groups is 2. The third-order valence-corrected chi connectivity index (χ3v) is 4.77. The molecule has 1 aliphatic heterocycles. The van der Waals surface area contributed by atoms with Crippen LogP contribution in [0.1, 0.15) is 18.1 Å². The summed E-state index contributed by atoms with van der Waals surface area (Å²) < 4.78 is 0. The molecule has 0 saturated carbocycles. The number of benzene rings is 1. The Bertz CT molecular complexity index is 702. The monoisotopic (exact) mass is 329 g/mol. The van der Waals surface area contributed by atoms with Crippen LogP contribution >= 0.6 is 11.3 Å². The third kappa shape index (κ3) is 3.00. The molecule has 3 rings (SSSR count). The number of imide groups is 1. The van der Waals surface area contributed by atoms with Crippen LogP contribution in [-0.4, -0.2) is 35.5 Å². The first-order valence-corrected chi connectivity index (χ1v) is 8.34. The predicted molar refractivity (Wildman–Crippen MR) is 89.8 cm³/mol. The van der Waals surface area contributed by atoms with Gasteiger partial charge in [0.1, 0.15) is 5.54 Å². The number of rotatable bonds is 5. The van der Waals surface area contributed by atoms with Gasteiger partial charge in [0.2, 0.25) is 0 Å². The summed E-state index contributed by atoms with van der Waals surface area (Å²) in [6, 6.07) is 11.0. The van der Waals surface area contributed by atoms with E-state index in [1.165, 1.54) is 10.5 Å². The average molecular weight is 329 g/mol. The SMILES string of the molecule is CN(Cc1ccsc1)CN1C(=O)N[C@](C)(c2ccccc2)C1=O. The molecule has 0 aliphatic carbocycles. The number of urea groups is 1. The molecule has 0 unspecified atom stereocenters. The van der Waals surface area contributed by atoms with Crippen LogP contribution in [0.4, 0.5) is 4.79 Å². The number of nitrogens with one attached hydrogen (secondary N) is 1. The van der Waals surface area contributed by atoms with Gasteiger partial charge in [0.15, 0.2) is 0 Å². The molecule has 1 aliphatic rings. The molecule has 1 aromatic carbocycles. The van der Waals surface area contributed by atoms with Crippen LogP contribution in [0, 0.1) is 0 Å². The fourth-order valence-electron chi connectivity index (χ4n) is 2.78. The summed E-state index contributed by atoms with van der Waals surface area (Å²) in [5, 5.41) is 6.91. The van der Waals surface area contributed by atoms with Crippen LogP contribution in [0.15, 0.2) is 47.2 Å². The number of amides is 3. The van der Waals surface area contributed by atoms with Gasteiger partial charge in [-0.05, 0) is 41.9 Å². The van der Waals surface area contributed by atoms with E-state index in [2.05, 4.69) is 10.7 Å². The Balaban J connectivity index is 1.74. The maximum absolute atomic E-state index is 12.8. The summed E-state index contributed by atoms with van der Waals surface area (Å²) >= 11 is 1.64. The van der Waals surface area contributed by atoms with E-state index in [9.17, 15) is 9.59 Å². The Hall–Kier alpha value is -2.18. The van der Waals surface area contributed by atoms with Crippen molar-refractivity contribution in [1.82, 2.24) is 15.1 Å². The third-order valence-electron chi connectivity index (χ3n) is 4.04. The van der Waals surface area contributed by atoms with Gasteiger partial charge in [0.05, 0.1) is 6.67 Å². The molecule has 0 bridgehead atoms.